The molecule has 0 spiro atoms. The highest BCUT2D eigenvalue weighted by Gasteiger charge is 2.31. The average molecular weight is 367 g/mol. The third kappa shape index (κ3) is 2.85. The van der Waals surface area contributed by atoms with Crippen molar-refractivity contribution in [1.82, 2.24) is 18.9 Å². The van der Waals surface area contributed by atoms with Crippen molar-refractivity contribution in [3.8, 4) is 6.07 Å². The molecule has 3 heterocycles. The summed E-state index contributed by atoms with van der Waals surface area (Å²) in [5.74, 6) is 1.05. The first-order chi connectivity index (χ1) is 12.6. The summed E-state index contributed by atoms with van der Waals surface area (Å²) in [7, 11) is -3.59. The highest BCUT2D eigenvalue weighted by atomic mass is 32.2. The van der Waals surface area contributed by atoms with Gasteiger partial charge in [-0.2, -0.15) is 9.57 Å². The fourth-order valence-corrected chi connectivity index (χ4v) is 4.88. The van der Waals surface area contributed by atoms with E-state index < -0.39 is 10.0 Å². The van der Waals surface area contributed by atoms with E-state index in [9.17, 15) is 8.42 Å². The Morgan fingerprint density at radius 2 is 1.88 bits per heavy atom. The van der Waals surface area contributed by atoms with E-state index in [0.717, 1.165) is 11.5 Å². The van der Waals surface area contributed by atoms with E-state index in [1.807, 2.05) is 34.9 Å². The van der Waals surface area contributed by atoms with E-state index in [1.165, 1.54) is 16.4 Å². The quantitative estimate of drug-likeness (QED) is 0.707. The van der Waals surface area contributed by atoms with Crippen LogP contribution in [0.3, 0.4) is 0 Å². The van der Waals surface area contributed by atoms with Gasteiger partial charge in [0.1, 0.15) is 5.82 Å². The van der Waals surface area contributed by atoms with Crippen LogP contribution in [0.25, 0.3) is 5.65 Å². The van der Waals surface area contributed by atoms with Crippen molar-refractivity contribution in [3.63, 3.8) is 0 Å². The number of hydrogen-bond acceptors (Lipinski definition) is 5. The van der Waals surface area contributed by atoms with Crippen LogP contribution >= 0.6 is 0 Å². The molecule has 1 saturated heterocycles. The van der Waals surface area contributed by atoms with Crippen molar-refractivity contribution in [2.45, 2.75) is 23.7 Å². The van der Waals surface area contributed by atoms with E-state index in [-0.39, 0.29) is 10.8 Å². The minimum absolute atomic E-state index is 0.169. The van der Waals surface area contributed by atoms with Crippen molar-refractivity contribution < 1.29 is 8.42 Å². The number of sulfonamides is 1. The molecule has 1 fully saturated rings. The number of benzene rings is 1. The second kappa shape index (κ2) is 6.52. The molecule has 0 aliphatic carbocycles. The van der Waals surface area contributed by atoms with Crippen LogP contribution in [0.5, 0.6) is 0 Å². The predicted molar refractivity (Wildman–Crippen MR) is 94.9 cm³/mol. The number of nitrogens with zero attached hydrogens (tertiary/aromatic N) is 5. The maximum Gasteiger partial charge on any atom is 0.243 e. The number of rotatable bonds is 3. The molecule has 1 aromatic carbocycles. The molecule has 2 aromatic heterocycles. The van der Waals surface area contributed by atoms with Crippen molar-refractivity contribution in [2.75, 3.05) is 13.1 Å². The van der Waals surface area contributed by atoms with Gasteiger partial charge in [-0.3, -0.25) is 4.40 Å². The lowest BCUT2D eigenvalue weighted by molar-refractivity contribution is 0.312. The summed E-state index contributed by atoms with van der Waals surface area (Å²) in [6.07, 6.45) is 3.31. The normalized spacial score (nSPS) is 16.6. The number of nitriles is 1. The van der Waals surface area contributed by atoms with Gasteiger partial charge in [-0.25, -0.2) is 8.42 Å². The number of pyridine rings is 1. The second-order valence-corrected chi connectivity index (χ2v) is 8.24. The average Bonchev–Trinajstić information content (AvgIpc) is 3.12. The lowest BCUT2D eigenvalue weighted by Crippen LogP contribution is -2.38. The Morgan fingerprint density at radius 1 is 1.08 bits per heavy atom. The molecule has 1 aliphatic rings. The van der Waals surface area contributed by atoms with Gasteiger partial charge in [0.2, 0.25) is 10.0 Å². The monoisotopic (exact) mass is 367 g/mol. The minimum Gasteiger partial charge on any atom is -0.286 e. The Morgan fingerprint density at radius 3 is 2.65 bits per heavy atom. The van der Waals surface area contributed by atoms with Gasteiger partial charge in [0.05, 0.1) is 16.5 Å². The zero-order valence-electron chi connectivity index (χ0n) is 14.0. The van der Waals surface area contributed by atoms with Crippen LogP contribution in [-0.4, -0.2) is 40.4 Å². The Labute approximate surface area is 151 Å². The predicted octanol–water partition coefficient (Wildman–Crippen LogP) is 2.17. The van der Waals surface area contributed by atoms with Gasteiger partial charge in [0.25, 0.3) is 0 Å². The van der Waals surface area contributed by atoms with Gasteiger partial charge in [0.15, 0.2) is 5.65 Å². The largest absolute Gasteiger partial charge is 0.286 e. The van der Waals surface area contributed by atoms with Gasteiger partial charge >= 0.3 is 0 Å². The van der Waals surface area contributed by atoms with Gasteiger partial charge in [0, 0.05) is 25.2 Å². The summed E-state index contributed by atoms with van der Waals surface area (Å²) in [5.41, 5.74) is 1.14. The number of aromatic nitrogens is 3. The maximum absolute atomic E-state index is 12.8. The van der Waals surface area contributed by atoms with Crippen LogP contribution in [0, 0.1) is 11.3 Å². The van der Waals surface area contributed by atoms with Crippen molar-refractivity contribution >= 4 is 15.7 Å². The summed E-state index contributed by atoms with van der Waals surface area (Å²) in [6, 6.07) is 13.9. The van der Waals surface area contributed by atoms with Crippen LogP contribution in [0.15, 0.2) is 53.6 Å². The standard InChI is InChI=1S/C18H17N5O2S/c19-13-14-4-3-5-16(12-14)26(24,25)22-10-7-15(8-11-22)18-21-20-17-6-1-2-9-23(17)18/h1-6,9,12,15H,7-8,10-11H2. The Balaban J connectivity index is 1.53. The first-order valence-corrected chi connectivity index (χ1v) is 9.83. The van der Waals surface area contributed by atoms with Crippen LogP contribution in [0.4, 0.5) is 0 Å². The molecule has 8 heteroatoms. The molecular weight excluding hydrogens is 350 g/mol. The summed E-state index contributed by atoms with van der Waals surface area (Å²) in [6.45, 7) is 0.844. The second-order valence-electron chi connectivity index (χ2n) is 6.31. The molecule has 0 atom stereocenters. The van der Waals surface area contributed by atoms with E-state index in [4.69, 9.17) is 5.26 Å². The van der Waals surface area contributed by atoms with Crippen molar-refractivity contribution in [3.05, 3.63) is 60.0 Å². The van der Waals surface area contributed by atoms with Gasteiger partial charge < -0.3 is 0 Å². The number of hydrogen-bond donors (Lipinski definition) is 0. The van der Waals surface area contributed by atoms with Gasteiger partial charge in [-0.05, 0) is 43.2 Å². The summed E-state index contributed by atoms with van der Waals surface area (Å²) >= 11 is 0. The van der Waals surface area contributed by atoms with Crippen molar-refractivity contribution in [2.24, 2.45) is 0 Å². The van der Waals surface area contributed by atoms with Crippen LogP contribution in [0.1, 0.15) is 30.1 Å². The molecule has 0 radical (unpaired) electrons. The zero-order valence-corrected chi connectivity index (χ0v) is 14.8. The first kappa shape index (κ1) is 16.7. The third-order valence-corrected chi connectivity index (χ3v) is 6.65. The summed E-state index contributed by atoms with van der Waals surface area (Å²) in [5, 5.41) is 17.5. The Hall–Kier alpha value is -2.76. The van der Waals surface area contributed by atoms with Crippen LogP contribution < -0.4 is 0 Å². The molecule has 132 valence electrons. The zero-order chi connectivity index (χ0) is 18.1. The molecule has 26 heavy (non-hydrogen) atoms. The fourth-order valence-electron chi connectivity index (χ4n) is 3.37. The minimum atomic E-state index is -3.59. The Bertz CT molecular complexity index is 1090. The van der Waals surface area contributed by atoms with Crippen LogP contribution in [0.2, 0.25) is 0 Å². The van der Waals surface area contributed by atoms with E-state index >= 15 is 0 Å². The molecule has 0 saturated carbocycles. The lowest BCUT2D eigenvalue weighted by Gasteiger charge is -2.30. The topological polar surface area (TPSA) is 91.4 Å². The first-order valence-electron chi connectivity index (χ1n) is 8.39. The summed E-state index contributed by atoms with van der Waals surface area (Å²) < 4.78 is 29.1. The number of piperidine rings is 1. The SMILES string of the molecule is N#Cc1cccc(S(=O)(=O)N2CCC(c3nnc4ccccn34)CC2)c1. The molecule has 0 unspecified atom stereocenters. The third-order valence-electron chi connectivity index (χ3n) is 4.76. The Kier molecular flexibility index (Phi) is 4.18. The molecule has 0 N–H and O–H groups in total. The molecule has 7 nitrogen and oxygen atoms in total. The molecular formula is C18H17N5O2S. The highest BCUT2D eigenvalue weighted by molar-refractivity contribution is 7.89. The molecule has 0 bridgehead atoms. The smallest absolute Gasteiger partial charge is 0.243 e. The maximum atomic E-state index is 12.8. The van der Waals surface area contributed by atoms with Gasteiger partial charge in [-0.15, -0.1) is 10.2 Å². The fraction of sp³-hybridized carbons (Fsp3) is 0.278. The lowest BCUT2D eigenvalue weighted by atomic mass is 9.97. The molecule has 4 rings (SSSR count). The van der Waals surface area contributed by atoms with E-state index in [0.29, 0.717) is 31.5 Å². The van der Waals surface area contributed by atoms with Gasteiger partial charge in [-0.1, -0.05) is 12.1 Å². The number of fused-ring (bicyclic) bond motifs is 1. The highest BCUT2D eigenvalue weighted by Crippen LogP contribution is 2.30. The van der Waals surface area contributed by atoms with E-state index in [1.54, 1.807) is 12.1 Å². The van der Waals surface area contributed by atoms with Crippen LogP contribution in [-0.2, 0) is 10.0 Å². The molecule has 1 aliphatic heterocycles. The molecule has 3 aromatic rings. The van der Waals surface area contributed by atoms with Crippen molar-refractivity contribution in [1.29, 1.82) is 5.26 Å². The summed E-state index contributed by atoms with van der Waals surface area (Å²) in [4.78, 5) is 0.169. The molecule has 0 amide bonds. The van der Waals surface area contributed by atoms with E-state index in [2.05, 4.69) is 10.2 Å².